The Labute approximate surface area is 228 Å². The molecule has 0 spiro atoms. The molecule has 5 aromatic rings. The van der Waals surface area contributed by atoms with Gasteiger partial charge in [-0.3, -0.25) is 0 Å². The first kappa shape index (κ1) is 25.0. The molecule has 0 bridgehead atoms. The van der Waals surface area contributed by atoms with Crippen molar-refractivity contribution >= 4 is 11.1 Å². The summed E-state index contributed by atoms with van der Waals surface area (Å²) in [4.78, 5) is 9.41. The normalized spacial score (nSPS) is 16.4. The molecule has 0 radical (unpaired) electrons. The van der Waals surface area contributed by atoms with Crippen molar-refractivity contribution in [3.05, 3.63) is 71.7 Å². The molecule has 0 unspecified atom stereocenters. The molecule has 2 fully saturated rings. The van der Waals surface area contributed by atoms with E-state index in [-0.39, 0.29) is 23.8 Å². The molecule has 1 N–H and O–H groups in total. The van der Waals surface area contributed by atoms with Crippen LogP contribution in [0.2, 0.25) is 0 Å². The highest BCUT2D eigenvalue weighted by atomic mass is 19.1. The Morgan fingerprint density at radius 2 is 1.90 bits per heavy atom. The molecular weight excluding hydrogens is 517 g/mol. The third-order valence-electron chi connectivity index (χ3n) is 7.83. The molecule has 3 aromatic heterocycles. The molecule has 10 heteroatoms. The lowest BCUT2D eigenvalue weighted by atomic mass is 9.82. The van der Waals surface area contributed by atoms with E-state index in [4.69, 9.17) is 9.40 Å². The standard InChI is InChI=1S/C30H27F3N6O/c1-39-16-35-38-28(39)22-13-20(31)5-6-21(22)19-11-24(18-3-4-18)36-26(12-19)29-37-25-10-17(9-23(32)27(25)40-29)14-34-15-30(33)7-2-8-30/h5-6,9-13,16,18,34H,2-4,7-8,14-15H2,1H3. The second-order valence-corrected chi connectivity index (χ2v) is 10.9. The molecule has 7 nitrogen and oxygen atoms in total. The second kappa shape index (κ2) is 9.55. The minimum absolute atomic E-state index is 0.0430. The van der Waals surface area contributed by atoms with Crippen LogP contribution in [0.5, 0.6) is 0 Å². The van der Waals surface area contributed by atoms with Gasteiger partial charge in [0.05, 0.1) is 0 Å². The van der Waals surface area contributed by atoms with Crippen molar-refractivity contribution in [1.82, 2.24) is 30.0 Å². The number of benzene rings is 2. The van der Waals surface area contributed by atoms with Crippen molar-refractivity contribution in [2.24, 2.45) is 7.05 Å². The van der Waals surface area contributed by atoms with Crippen LogP contribution in [0.3, 0.4) is 0 Å². The molecule has 7 rings (SSSR count). The molecule has 3 heterocycles. The van der Waals surface area contributed by atoms with Gasteiger partial charge in [-0.1, -0.05) is 6.07 Å². The maximum Gasteiger partial charge on any atom is 0.246 e. The van der Waals surface area contributed by atoms with Gasteiger partial charge in [-0.25, -0.2) is 23.1 Å². The summed E-state index contributed by atoms with van der Waals surface area (Å²) in [6, 6.07) is 11.5. The molecule has 0 amide bonds. The van der Waals surface area contributed by atoms with Gasteiger partial charge in [-0.2, -0.15) is 0 Å². The number of halogens is 3. The van der Waals surface area contributed by atoms with E-state index in [0.717, 1.165) is 36.1 Å². The van der Waals surface area contributed by atoms with E-state index < -0.39 is 11.5 Å². The Kier molecular flexibility index (Phi) is 5.96. The molecule has 2 aliphatic carbocycles. The van der Waals surface area contributed by atoms with Crippen LogP contribution in [-0.2, 0) is 13.6 Å². The molecular formula is C30H27F3N6O. The molecule has 204 valence electrons. The van der Waals surface area contributed by atoms with Crippen LogP contribution in [-0.4, -0.2) is 36.9 Å². The maximum atomic E-state index is 15.1. The topological polar surface area (TPSA) is 81.7 Å². The Morgan fingerprint density at radius 3 is 2.62 bits per heavy atom. The first-order valence-corrected chi connectivity index (χ1v) is 13.5. The van der Waals surface area contributed by atoms with Crippen molar-refractivity contribution in [2.75, 3.05) is 6.54 Å². The van der Waals surface area contributed by atoms with Crippen LogP contribution >= 0.6 is 0 Å². The number of oxazole rings is 1. The number of hydrogen-bond donors (Lipinski definition) is 1. The van der Waals surface area contributed by atoms with E-state index in [1.54, 1.807) is 30.1 Å². The summed E-state index contributed by atoms with van der Waals surface area (Å²) >= 11 is 0. The minimum Gasteiger partial charge on any atom is -0.432 e. The highest BCUT2D eigenvalue weighted by molar-refractivity contribution is 5.83. The van der Waals surface area contributed by atoms with E-state index in [2.05, 4.69) is 20.5 Å². The number of pyridine rings is 1. The van der Waals surface area contributed by atoms with E-state index >= 15 is 4.39 Å². The predicted molar refractivity (Wildman–Crippen MR) is 144 cm³/mol. The minimum atomic E-state index is -1.16. The number of aromatic nitrogens is 5. The van der Waals surface area contributed by atoms with E-state index in [1.165, 1.54) is 18.2 Å². The number of fused-ring (bicyclic) bond motifs is 1. The summed E-state index contributed by atoms with van der Waals surface area (Å²) in [5, 5.41) is 11.2. The van der Waals surface area contributed by atoms with Crippen LogP contribution in [0, 0.1) is 11.6 Å². The number of hydrogen-bond acceptors (Lipinski definition) is 6. The zero-order valence-electron chi connectivity index (χ0n) is 21.9. The molecule has 0 aliphatic heterocycles. The lowest BCUT2D eigenvalue weighted by Crippen LogP contribution is -2.42. The number of rotatable bonds is 8. The van der Waals surface area contributed by atoms with Crippen molar-refractivity contribution in [1.29, 1.82) is 0 Å². The quantitative estimate of drug-likeness (QED) is 0.241. The summed E-state index contributed by atoms with van der Waals surface area (Å²) in [6.07, 6.45) is 5.64. The summed E-state index contributed by atoms with van der Waals surface area (Å²) < 4.78 is 51.4. The Balaban J connectivity index is 1.26. The van der Waals surface area contributed by atoms with Gasteiger partial charge in [-0.05, 0) is 85.2 Å². The van der Waals surface area contributed by atoms with E-state index in [1.807, 2.05) is 12.1 Å². The molecule has 2 aliphatic rings. The zero-order valence-corrected chi connectivity index (χ0v) is 21.9. The van der Waals surface area contributed by atoms with Crippen molar-refractivity contribution in [3.8, 4) is 34.1 Å². The zero-order chi connectivity index (χ0) is 27.4. The molecule has 2 aromatic carbocycles. The number of nitrogens with zero attached hydrogens (tertiary/aromatic N) is 5. The van der Waals surface area contributed by atoms with Crippen LogP contribution in [0.25, 0.3) is 45.2 Å². The smallest absolute Gasteiger partial charge is 0.246 e. The van der Waals surface area contributed by atoms with E-state index in [0.29, 0.717) is 53.5 Å². The van der Waals surface area contributed by atoms with Gasteiger partial charge in [-0.15, -0.1) is 10.2 Å². The first-order chi connectivity index (χ1) is 19.3. The van der Waals surface area contributed by atoms with Gasteiger partial charge in [0.1, 0.15) is 29.0 Å². The average molecular weight is 545 g/mol. The van der Waals surface area contributed by atoms with Crippen molar-refractivity contribution in [3.63, 3.8) is 0 Å². The fourth-order valence-electron chi connectivity index (χ4n) is 5.31. The van der Waals surface area contributed by atoms with Crippen LogP contribution < -0.4 is 5.32 Å². The monoisotopic (exact) mass is 544 g/mol. The van der Waals surface area contributed by atoms with Crippen LogP contribution in [0.15, 0.2) is 53.2 Å². The fourth-order valence-corrected chi connectivity index (χ4v) is 5.31. The predicted octanol–water partition coefficient (Wildman–Crippen LogP) is 6.49. The highest BCUT2D eigenvalue weighted by Crippen LogP contribution is 2.43. The van der Waals surface area contributed by atoms with Gasteiger partial charge >= 0.3 is 0 Å². The van der Waals surface area contributed by atoms with Crippen molar-refractivity contribution < 1.29 is 17.6 Å². The van der Waals surface area contributed by atoms with E-state index in [9.17, 15) is 8.78 Å². The lowest BCUT2D eigenvalue weighted by Gasteiger charge is -2.33. The first-order valence-electron chi connectivity index (χ1n) is 13.5. The van der Waals surface area contributed by atoms with Gasteiger partial charge in [0.25, 0.3) is 0 Å². The van der Waals surface area contributed by atoms with Crippen LogP contribution in [0.4, 0.5) is 13.2 Å². The lowest BCUT2D eigenvalue weighted by molar-refractivity contribution is 0.0630. The van der Waals surface area contributed by atoms with Gasteiger partial charge in [0.2, 0.25) is 5.89 Å². The summed E-state index contributed by atoms with van der Waals surface area (Å²) in [6.45, 7) is 0.576. The van der Waals surface area contributed by atoms with Crippen molar-refractivity contribution in [2.45, 2.75) is 50.2 Å². The maximum absolute atomic E-state index is 15.1. The number of alkyl halides is 1. The van der Waals surface area contributed by atoms with Gasteiger partial charge < -0.3 is 14.3 Å². The molecule has 0 saturated heterocycles. The van der Waals surface area contributed by atoms with Gasteiger partial charge in [0, 0.05) is 37.3 Å². The van der Waals surface area contributed by atoms with Crippen LogP contribution in [0.1, 0.15) is 49.3 Å². The summed E-state index contributed by atoms with van der Waals surface area (Å²) in [5.74, 6) is 0.121. The summed E-state index contributed by atoms with van der Waals surface area (Å²) in [5.41, 5.74) is 3.41. The Morgan fingerprint density at radius 1 is 1.05 bits per heavy atom. The SMILES string of the molecule is Cn1cnnc1-c1cc(F)ccc1-c1cc(-c2nc3cc(CNCC4(F)CCC4)cc(F)c3o2)nc(C2CC2)c1. The molecule has 0 atom stereocenters. The number of nitrogens with one attached hydrogen (secondary N) is 1. The third-order valence-corrected chi connectivity index (χ3v) is 7.83. The Hall–Kier alpha value is -4.05. The number of aryl methyl sites for hydroxylation is 1. The highest BCUT2D eigenvalue weighted by Gasteiger charge is 2.36. The fraction of sp³-hybridized carbons (Fsp3) is 0.333. The van der Waals surface area contributed by atoms with Gasteiger partial charge in [0.15, 0.2) is 17.2 Å². The largest absolute Gasteiger partial charge is 0.432 e. The summed E-state index contributed by atoms with van der Waals surface area (Å²) in [7, 11) is 1.80. The Bertz CT molecular complexity index is 1740. The third kappa shape index (κ3) is 4.66. The average Bonchev–Trinajstić information content (AvgIpc) is 3.54. The molecule has 40 heavy (non-hydrogen) atoms. The second-order valence-electron chi connectivity index (χ2n) is 10.9. The molecule has 2 saturated carbocycles.